The molecule has 0 spiro atoms. The molecule has 0 atom stereocenters. The van der Waals surface area contributed by atoms with E-state index in [1.54, 1.807) is 7.11 Å². The summed E-state index contributed by atoms with van der Waals surface area (Å²) in [6, 6.07) is 29.3. The number of nitrogens with zero attached hydrogens (tertiary/aromatic N) is 6. The van der Waals surface area contributed by atoms with Gasteiger partial charge in [0, 0.05) is 48.9 Å². The van der Waals surface area contributed by atoms with E-state index in [0.29, 0.717) is 24.1 Å². The average molecular weight is 629 g/mol. The molecule has 2 fully saturated rings. The molecular formula is C38H44N8O. The lowest BCUT2D eigenvalue weighted by Gasteiger charge is -2.34. The van der Waals surface area contributed by atoms with Crippen molar-refractivity contribution in [3.63, 3.8) is 0 Å². The molecule has 7 rings (SSSR count). The third-order valence-corrected chi connectivity index (χ3v) is 9.44. The van der Waals surface area contributed by atoms with Crippen molar-refractivity contribution in [2.45, 2.75) is 44.7 Å². The van der Waals surface area contributed by atoms with E-state index in [2.05, 4.69) is 81.4 Å². The zero-order valence-corrected chi connectivity index (χ0v) is 27.4. The molecule has 2 aliphatic rings. The van der Waals surface area contributed by atoms with Gasteiger partial charge < -0.3 is 25.6 Å². The van der Waals surface area contributed by atoms with Crippen LogP contribution in [0.3, 0.4) is 0 Å². The average Bonchev–Trinajstić information content (AvgIpc) is 3.48. The second-order valence-corrected chi connectivity index (χ2v) is 12.8. The number of benzene rings is 3. The van der Waals surface area contributed by atoms with Crippen LogP contribution in [0.5, 0.6) is 5.75 Å². The predicted molar refractivity (Wildman–Crippen MR) is 192 cm³/mol. The highest BCUT2D eigenvalue weighted by Gasteiger charge is 2.23. The second kappa shape index (κ2) is 13.8. The quantitative estimate of drug-likeness (QED) is 0.139. The van der Waals surface area contributed by atoms with Crippen LogP contribution in [0, 0.1) is 0 Å². The topological polar surface area (TPSA) is 96.8 Å². The molecule has 1 saturated heterocycles. The Bertz CT molecular complexity index is 1820. The maximum absolute atomic E-state index is 6.77. The predicted octanol–water partition coefficient (Wildman–Crippen LogP) is 6.69. The van der Waals surface area contributed by atoms with Crippen LogP contribution in [0.4, 0.5) is 17.2 Å². The van der Waals surface area contributed by atoms with Gasteiger partial charge in [-0.25, -0.2) is 9.98 Å². The van der Waals surface area contributed by atoms with Crippen molar-refractivity contribution in [3.05, 3.63) is 96.2 Å². The Hall–Kier alpha value is -4.89. The van der Waals surface area contributed by atoms with Gasteiger partial charge in [-0.3, -0.25) is 4.68 Å². The first-order valence-electron chi connectivity index (χ1n) is 16.8. The number of hydrogen-bond donors (Lipinski definition) is 2. The Morgan fingerprint density at radius 3 is 2.34 bits per heavy atom. The Morgan fingerprint density at radius 1 is 0.915 bits per heavy atom. The molecule has 3 N–H and O–H groups in total. The highest BCUT2D eigenvalue weighted by Crippen LogP contribution is 2.34. The molecule has 0 bridgehead atoms. The van der Waals surface area contributed by atoms with Crippen LogP contribution < -0.4 is 20.7 Å². The number of methoxy groups -OCH3 is 1. The minimum Gasteiger partial charge on any atom is -0.497 e. The van der Waals surface area contributed by atoms with Crippen LogP contribution >= 0.6 is 0 Å². The van der Waals surface area contributed by atoms with Gasteiger partial charge >= 0.3 is 0 Å². The molecule has 5 aromatic rings. The van der Waals surface area contributed by atoms with Gasteiger partial charge in [0.15, 0.2) is 5.82 Å². The summed E-state index contributed by atoms with van der Waals surface area (Å²) in [4.78, 5) is 14.8. The molecule has 9 nitrogen and oxygen atoms in total. The fourth-order valence-electron chi connectivity index (χ4n) is 6.70. The Morgan fingerprint density at radius 2 is 1.64 bits per heavy atom. The number of anilines is 2. The van der Waals surface area contributed by atoms with Crippen LogP contribution in [0.25, 0.3) is 22.2 Å². The summed E-state index contributed by atoms with van der Waals surface area (Å²) in [6.07, 6.45) is 5.95. The largest absolute Gasteiger partial charge is 0.497 e. The first-order chi connectivity index (χ1) is 23.0. The summed E-state index contributed by atoms with van der Waals surface area (Å²) >= 11 is 0. The highest BCUT2D eigenvalue weighted by atomic mass is 16.5. The SMILES string of the molecule is COc1ccc(Cn2nc(-c3ccccc3)c3cc(C(N)=Nc4ccc(N5CCN(C)CC5)cc4)nc(NC4CCCCC4)c32)cc1. The van der Waals surface area contributed by atoms with Gasteiger partial charge in [-0.15, -0.1) is 0 Å². The summed E-state index contributed by atoms with van der Waals surface area (Å²) in [7, 11) is 3.86. The van der Waals surface area contributed by atoms with Gasteiger partial charge in [-0.1, -0.05) is 61.7 Å². The number of aromatic nitrogens is 3. The van der Waals surface area contributed by atoms with E-state index in [-0.39, 0.29) is 0 Å². The molecule has 9 heteroatoms. The monoisotopic (exact) mass is 628 g/mol. The van der Waals surface area contributed by atoms with Crippen molar-refractivity contribution in [2.24, 2.45) is 10.7 Å². The van der Waals surface area contributed by atoms with Gasteiger partial charge in [-0.2, -0.15) is 5.10 Å². The summed E-state index contributed by atoms with van der Waals surface area (Å²) in [5.74, 6) is 2.02. The minimum absolute atomic E-state index is 0.347. The van der Waals surface area contributed by atoms with Gasteiger partial charge in [0.05, 0.1) is 19.3 Å². The lowest BCUT2D eigenvalue weighted by atomic mass is 9.95. The molecule has 3 aromatic carbocycles. The molecule has 1 saturated carbocycles. The van der Waals surface area contributed by atoms with E-state index >= 15 is 0 Å². The molecule has 2 aromatic heterocycles. The molecule has 0 radical (unpaired) electrons. The van der Waals surface area contributed by atoms with E-state index < -0.39 is 0 Å². The number of piperazine rings is 1. The van der Waals surface area contributed by atoms with Crippen molar-refractivity contribution in [3.8, 4) is 17.0 Å². The van der Waals surface area contributed by atoms with Crippen LogP contribution in [-0.4, -0.2) is 71.9 Å². The standard InChI is InChI=1S/C38H44N8O/c1-44-21-23-45(24-22-44)31-17-15-30(16-18-31)40-37(39)34-25-33-35(28-9-5-3-6-10-28)43-46(26-27-13-19-32(47-2)20-14-27)36(33)38(42-34)41-29-11-7-4-8-12-29/h3,5-6,9-10,13-20,25,29H,4,7-8,11-12,21-24,26H2,1-2H3,(H2,39,40)(H,41,42). The number of ether oxygens (including phenoxy) is 1. The minimum atomic E-state index is 0.347. The summed E-state index contributed by atoms with van der Waals surface area (Å²) < 4.78 is 7.48. The highest BCUT2D eigenvalue weighted by molar-refractivity contribution is 6.06. The molecule has 3 heterocycles. The van der Waals surface area contributed by atoms with Gasteiger partial charge in [0.25, 0.3) is 0 Å². The van der Waals surface area contributed by atoms with Crippen LogP contribution in [0.1, 0.15) is 43.4 Å². The van der Waals surface area contributed by atoms with E-state index in [1.165, 1.54) is 24.9 Å². The van der Waals surface area contributed by atoms with E-state index in [9.17, 15) is 0 Å². The van der Waals surface area contributed by atoms with Crippen molar-refractivity contribution in [2.75, 3.05) is 50.6 Å². The lowest BCUT2D eigenvalue weighted by Crippen LogP contribution is -2.44. The molecule has 47 heavy (non-hydrogen) atoms. The third kappa shape index (κ3) is 6.95. The Kier molecular flexibility index (Phi) is 9.06. The first kappa shape index (κ1) is 30.7. The fourth-order valence-corrected chi connectivity index (χ4v) is 6.70. The number of rotatable bonds is 9. The molecular weight excluding hydrogens is 584 g/mol. The maximum atomic E-state index is 6.77. The number of pyridine rings is 1. The fraction of sp³-hybridized carbons (Fsp3) is 0.342. The third-order valence-electron chi connectivity index (χ3n) is 9.44. The molecule has 0 unspecified atom stereocenters. The van der Waals surface area contributed by atoms with Gasteiger partial charge in [0.1, 0.15) is 28.5 Å². The number of fused-ring (bicyclic) bond motifs is 1. The summed E-state index contributed by atoms with van der Waals surface area (Å²) in [5.41, 5.74) is 13.5. The lowest BCUT2D eigenvalue weighted by molar-refractivity contribution is 0.313. The smallest absolute Gasteiger partial charge is 0.153 e. The Balaban J connectivity index is 1.29. The number of nitrogens with two attached hydrogens (primary N) is 1. The van der Waals surface area contributed by atoms with Crippen LogP contribution in [0.2, 0.25) is 0 Å². The molecule has 1 aliphatic heterocycles. The van der Waals surface area contributed by atoms with Crippen LogP contribution in [0.15, 0.2) is 89.9 Å². The van der Waals surface area contributed by atoms with Gasteiger partial charge in [0.2, 0.25) is 0 Å². The van der Waals surface area contributed by atoms with E-state index in [0.717, 1.165) is 84.0 Å². The zero-order chi connectivity index (χ0) is 32.2. The number of likely N-dealkylation sites (N-methyl/N-ethyl adjacent to an activating group) is 1. The number of amidine groups is 1. The first-order valence-corrected chi connectivity index (χ1v) is 16.8. The van der Waals surface area contributed by atoms with E-state index in [4.69, 9.17) is 25.5 Å². The van der Waals surface area contributed by atoms with Crippen LogP contribution in [-0.2, 0) is 6.54 Å². The normalized spacial score (nSPS) is 16.5. The van der Waals surface area contributed by atoms with Crippen molar-refractivity contribution in [1.82, 2.24) is 19.7 Å². The zero-order valence-electron chi connectivity index (χ0n) is 27.4. The van der Waals surface area contributed by atoms with Crippen molar-refractivity contribution < 1.29 is 4.74 Å². The molecule has 242 valence electrons. The summed E-state index contributed by atoms with van der Waals surface area (Å²) in [5, 5.41) is 10.0. The van der Waals surface area contributed by atoms with E-state index in [1.807, 2.05) is 30.3 Å². The number of aliphatic imine (C=N–C) groups is 1. The molecule has 1 aliphatic carbocycles. The number of hydrogen-bond acceptors (Lipinski definition) is 7. The Labute approximate surface area is 277 Å². The van der Waals surface area contributed by atoms with Crippen molar-refractivity contribution in [1.29, 1.82) is 0 Å². The molecule has 0 amide bonds. The van der Waals surface area contributed by atoms with Gasteiger partial charge in [-0.05, 0) is 67.9 Å². The second-order valence-electron chi connectivity index (χ2n) is 12.8. The summed E-state index contributed by atoms with van der Waals surface area (Å²) in [6.45, 7) is 4.78. The maximum Gasteiger partial charge on any atom is 0.153 e. The van der Waals surface area contributed by atoms with Crippen molar-refractivity contribution >= 4 is 33.9 Å². The number of nitrogens with one attached hydrogen (secondary N) is 1.